The van der Waals surface area contributed by atoms with Gasteiger partial charge in [0.15, 0.2) is 0 Å². The number of ether oxygens (including phenoxy) is 1. The molecule has 0 fully saturated rings. The maximum Gasteiger partial charge on any atom is 0.329 e. The molecule has 0 aliphatic rings. The number of anilines is 2. The zero-order valence-electron chi connectivity index (χ0n) is 15.2. The Morgan fingerprint density at radius 1 is 1.11 bits per heavy atom. The topological polar surface area (TPSA) is 122 Å². The van der Waals surface area contributed by atoms with Crippen molar-refractivity contribution in [1.82, 2.24) is 10.4 Å². The number of nitrogens with zero attached hydrogens (tertiary/aromatic N) is 2. The van der Waals surface area contributed by atoms with Crippen LogP contribution < -0.4 is 20.8 Å². The molecule has 0 saturated heterocycles. The number of nitrogens with one attached hydrogen (secondary N) is 3. The summed E-state index contributed by atoms with van der Waals surface area (Å²) in [6.07, 6.45) is 1.30. The SMILES string of the molecule is COc1ccccc1NC(=O)C(=O)N/N=C(\C)CC(=O)Nc1ccc(Cl)cn1. The number of amides is 3. The van der Waals surface area contributed by atoms with Crippen LogP contribution in [0.5, 0.6) is 5.75 Å². The number of carbonyl (C=O) groups excluding carboxylic acids is 3. The summed E-state index contributed by atoms with van der Waals surface area (Å²) in [7, 11) is 1.45. The van der Waals surface area contributed by atoms with Crippen LogP contribution in [0.3, 0.4) is 0 Å². The average molecular weight is 404 g/mol. The third kappa shape index (κ3) is 6.36. The lowest BCUT2D eigenvalue weighted by Crippen LogP contribution is -2.33. The van der Waals surface area contributed by atoms with Crippen molar-refractivity contribution in [3.63, 3.8) is 0 Å². The number of aromatic nitrogens is 1. The molecule has 0 aliphatic heterocycles. The number of hydrazone groups is 1. The molecular weight excluding hydrogens is 386 g/mol. The molecule has 3 amide bonds. The molecule has 0 atom stereocenters. The van der Waals surface area contributed by atoms with Crippen LogP contribution in [0.25, 0.3) is 0 Å². The van der Waals surface area contributed by atoms with Gasteiger partial charge in [0.1, 0.15) is 11.6 Å². The van der Waals surface area contributed by atoms with Crippen molar-refractivity contribution in [2.75, 3.05) is 17.7 Å². The van der Waals surface area contributed by atoms with Gasteiger partial charge in [0.05, 0.1) is 24.2 Å². The Hall–Kier alpha value is -3.46. The highest BCUT2D eigenvalue weighted by Gasteiger charge is 2.15. The van der Waals surface area contributed by atoms with Gasteiger partial charge in [-0.25, -0.2) is 10.4 Å². The van der Waals surface area contributed by atoms with Crippen LogP contribution in [0, 0.1) is 0 Å². The molecule has 0 bridgehead atoms. The van der Waals surface area contributed by atoms with Crippen LogP contribution in [0.2, 0.25) is 5.02 Å². The Balaban J connectivity index is 1.85. The van der Waals surface area contributed by atoms with Crippen molar-refractivity contribution in [2.24, 2.45) is 5.10 Å². The molecule has 28 heavy (non-hydrogen) atoms. The first-order valence-corrected chi connectivity index (χ1v) is 8.45. The number of pyridine rings is 1. The fourth-order valence-corrected chi connectivity index (χ4v) is 2.14. The lowest BCUT2D eigenvalue weighted by Gasteiger charge is -2.09. The lowest BCUT2D eigenvalue weighted by atomic mass is 10.3. The summed E-state index contributed by atoms with van der Waals surface area (Å²) in [5, 5.41) is 9.18. The van der Waals surface area contributed by atoms with E-state index in [2.05, 4.69) is 26.1 Å². The van der Waals surface area contributed by atoms with Gasteiger partial charge in [-0.15, -0.1) is 0 Å². The molecule has 0 unspecified atom stereocenters. The molecular formula is C18H18ClN5O4. The minimum Gasteiger partial charge on any atom is -0.495 e. The minimum absolute atomic E-state index is 0.0985. The van der Waals surface area contributed by atoms with Crippen molar-refractivity contribution >= 4 is 46.5 Å². The standard InChI is InChI=1S/C18H18ClN5O4/c1-11(9-16(25)22-15-8-7-12(19)10-20-15)23-24-18(27)17(26)21-13-5-3-4-6-14(13)28-2/h3-8,10H,9H2,1-2H3,(H,21,26)(H,24,27)(H,20,22,25)/b23-11+. The number of halogens is 1. The number of para-hydroxylation sites is 2. The lowest BCUT2D eigenvalue weighted by molar-refractivity contribution is -0.136. The van der Waals surface area contributed by atoms with Gasteiger partial charge in [0.25, 0.3) is 0 Å². The Morgan fingerprint density at radius 2 is 1.86 bits per heavy atom. The van der Waals surface area contributed by atoms with Crippen LogP contribution in [0.1, 0.15) is 13.3 Å². The smallest absolute Gasteiger partial charge is 0.329 e. The first kappa shape index (κ1) is 20.8. The third-order valence-corrected chi connectivity index (χ3v) is 3.54. The van der Waals surface area contributed by atoms with Crippen molar-refractivity contribution in [1.29, 1.82) is 0 Å². The van der Waals surface area contributed by atoms with Gasteiger partial charge in [-0.2, -0.15) is 5.10 Å². The van der Waals surface area contributed by atoms with Gasteiger partial charge < -0.3 is 15.4 Å². The van der Waals surface area contributed by atoms with E-state index in [-0.39, 0.29) is 12.3 Å². The van der Waals surface area contributed by atoms with Crippen molar-refractivity contribution < 1.29 is 19.1 Å². The van der Waals surface area contributed by atoms with Crippen LogP contribution in [-0.2, 0) is 14.4 Å². The number of rotatable bonds is 6. The van der Waals surface area contributed by atoms with Gasteiger partial charge in [-0.1, -0.05) is 23.7 Å². The Kier molecular flexibility index (Phi) is 7.46. The van der Waals surface area contributed by atoms with Gasteiger partial charge in [0, 0.05) is 11.9 Å². The Morgan fingerprint density at radius 3 is 2.54 bits per heavy atom. The van der Waals surface area contributed by atoms with E-state index in [0.717, 1.165) is 0 Å². The summed E-state index contributed by atoms with van der Waals surface area (Å²) in [4.78, 5) is 39.7. The first-order chi connectivity index (χ1) is 13.4. The number of hydrogen-bond donors (Lipinski definition) is 3. The van der Waals surface area contributed by atoms with E-state index in [4.69, 9.17) is 16.3 Å². The summed E-state index contributed by atoms with van der Waals surface area (Å²) in [6, 6.07) is 9.79. The Bertz CT molecular complexity index is 899. The van der Waals surface area contributed by atoms with E-state index in [9.17, 15) is 14.4 Å². The maximum absolute atomic E-state index is 11.9. The molecule has 2 rings (SSSR count). The van der Waals surface area contributed by atoms with Gasteiger partial charge in [0.2, 0.25) is 5.91 Å². The molecule has 9 nitrogen and oxygen atoms in total. The number of methoxy groups -OCH3 is 1. The molecule has 0 saturated carbocycles. The summed E-state index contributed by atoms with van der Waals surface area (Å²) in [5.41, 5.74) is 2.74. The highest BCUT2D eigenvalue weighted by atomic mass is 35.5. The summed E-state index contributed by atoms with van der Waals surface area (Å²) < 4.78 is 5.09. The quantitative estimate of drug-likeness (QED) is 0.388. The molecule has 2 aromatic rings. The van der Waals surface area contributed by atoms with Crippen molar-refractivity contribution in [3.8, 4) is 5.75 Å². The molecule has 1 aromatic carbocycles. The number of hydrogen-bond acceptors (Lipinski definition) is 6. The average Bonchev–Trinajstić information content (AvgIpc) is 2.68. The second kappa shape index (κ2) is 10.0. The van der Waals surface area contributed by atoms with Crippen LogP contribution in [-0.4, -0.2) is 35.5 Å². The molecule has 0 aliphatic carbocycles. The second-order valence-corrected chi connectivity index (χ2v) is 5.97. The predicted molar refractivity (Wildman–Crippen MR) is 105 cm³/mol. The highest BCUT2D eigenvalue weighted by Crippen LogP contribution is 2.22. The predicted octanol–water partition coefficient (Wildman–Crippen LogP) is 2.20. The monoisotopic (exact) mass is 403 g/mol. The summed E-state index contributed by atoms with van der Waals surface area (Å²) in [5.74, 6) is -1.54. The van der Waals surface area contributed by atoms with E-state index in [0.29, 0.717) is 28.0 Å². The molecule has 146 valence electrons. The van der Waals surface area contributed by atoms with E-state index < -0.39 is 11.8 Å². The van der Waals surface area contributed by atoms with Crippen LogP contribution in [0.15, 0.2) is 47.7 Å². The van der Waals surface area contributed by atoms with Gasteiger partial charge >= 0.3 is 11.8 Å². The summed E-state index contributed by atoms with van der Waals surface area (Å²) in [6.45, 7) is 1.53. The van der Waals surface area contributed by atoms with Gasteiger partial charge in [-0.3, -0.25) is 14.4 Å². The molecule has 3 N–H and O–H groups in total. The van der Waals surface area contributed by atoms with Crippen LogP contribution in [0.4, 0.5) is 11.5 Å². The van der Waals surface area contributed by atoms with Crippen molar-refractivity contribution in [2.45, 2.75) is 13.3 Å². The molecule has 1 heterocycles. The zero-order chi connectivity index (χ0) is 20.5. The molecule has 10 heteroatoms. The molecule has 0 radical (unpaired) electrons. The molecule has 0 spiro atoms. The fraction of sp³-hybridized carbons (Fsp3) is 0.167. The van der Waals surface area contributed by atoms with E-state index >= 15 is 0 Å². The minimum atomic E-state index is -0.981. The van der Waals surface area contributed by atoms with E-state index in [1.165, 1.54) is 20.2 Å². The van der Waals surface area contributed by atoms with Crippen molar-refractivity contribution in [3.05, 3.63) is 47.6 Å². The first-order valence-electron chi connectivity index (χ1n) is 8.08. The van der Waals surface area contributed by atoms with E-state index in [1.54, 1.807) is 36.4 Å². The maximum atomic E-state index is 11.9. The highest BCUT2D eigenvalue weighted by molar-refractivity contribution is 6.39. The second-order valence-electron chi connectivity index (χ2n) is 5.53. The normalized spacial score (nSPS) is 10.8. The van der Waals surface area contributed by atoms with E-state index in [1.807, 2.05) is 0 Å². The summed E-state index contributed by atoms with van der Waals surface area (Å²) >= 11 is 5.72. The molecule has 1 aromatic heterocycles. The zero-order valence-corrected chi connectivity index (χ0v) is 15.9. The van der Waals surface area contributed by atoms with Gasteiger partial charge in [-0.05, 0) is 31.2 Å². The number of carbonyl (C=O) groups is 3. The number of benzene rings is 1. The fourth-order valence-electron chi connectivity index (χ4n) is 2.03. The Labute approximate surface area is 166 Å². The third-order valence-electron chi connectivity index (χ3n) is 3.32. The van der Waals surface area contributed by atoms with Crippen LogP contribution >= 0.6 is 11.6 Å². The largest absolute Gasteiger partial charge is 0.495 e.